The molecule has 0 radical (unpaired) electrons. The highest BCUT2D eigenvalue weighted by molar-refractivity contribution is 9.10. The molecule has 3 heterocycles. The van der Waals surface area contributed by atoms with Gasteiger partial charge >= 0.3 is 0 Å². The van der Waals surface area contributed by atoms with Crippen LogP contribution in [0.2, 0.25) is 0 Å². The number of hydrogen-bond acceptors (Lipinski definition) is 5. The quantitative estimate of drug-likeness (QED) is 0.257. The minimum atomic E-state index is -0.0377. The van der Waals surface area contributed by atoms with Gasteiger partial charge in [0.15, 0.2) is 0 Å². The lowest BCUT2D eigenvalue weighted by Gasteiger charge is -2.18. The Balaban J connectivity index is 1.38. The smallest absolute Gasteiger partial charge is 0.266 e. The number of benzene rings is 2. The lowest BCUT2D eigenvalue weighted by atomic mass is 10.1. The summed E-state index contributed by atoms with van der Waals surface area (Å²) in [6.45, 7) is 4.59. The first-order chi connectivity index (χ1) is 16.5. The Hall–Kier alpha value is -2.13. The maximum atomic E-state index is 13.1. The number of carbonyl (C=O) groups excluding carboxylic acids is 1. The molecule has 1 aromatic heterocycles. The van der Waals surface area contributed by atoms with E-state index in [-0.39, 0.29) is 12.0 Å². The Morgan fingerprint density at radius 3 is 2.94 bits per heavy atom. The standard InChI is InChI=1S/C26H25BrN2O3S2/c1-17-5-2-3-7-23(17)32-12-10-28-15-18(21-14-19(27)8-9-22(21)28)13-24-25(30)29(26(33)34-24)16-20-6-4-11-31-20/h2-3,5,7-9,13-15,20H,4,6,10-12,16H2,1H3/b24-13-/t20-/m0/s1. The molecule has 2 aromatic carbocycles. The van der Waals surface area contributed by atoms with E-state index in [1.165, 1.54) is 11.8 Å². The van der Waals surface area contributed by atoms with Crippen molar-refractivity contribution in [1.82, 2.24) is 9.47 Å². The number of aromatic nitrogens is 1. The lowest BCUT2D eigenvalue weighted by Crippen LogP contribution is -2.35. The second-order valence-corrected chi connectivity index (χ2v) is 11.1. The second kappa shape index (κ2) is 10.2. The van der Waals surface area contributed by atoms with Gasteiger partial charge in [0.25, 0.3) is 5.91 Å². The molecule has 2 fully saturated rings. The summed E-state index contributed by atoms with van der Waals surface area (Å²) in [6, 6.07) is 14.2. The van der Waals surface area contributed by atoms with Crippen molar-refractivity contribution in [3.8, 4) is 5.75 Å². The molecule has 0 aliphatic carbocycles. The molecule has 1 amide bonds. The van der Waals surface area contributed by atoms with Crippen LogP contribution in [0.1, 0.15) is 24.0 Å². The molecule has 0 N–H and O–H groups in total. The Labute approximate surface area is 217 Å². The molecule has 5 rings (SSSR count). The molecule has 2 aliphatic heterocycles. The summed E-state index contributed by atoms with van der Waals surface area (Å²) in [7, 11) is 0. The van der Waals surface area contributed by atoms with Crippen LogP contribution in [0.15, 0.2) is 58.0 Å². The number of halogens is 1. The number of nitrogens with zero attached hydrogens (tertiary/aromatic N) is 2. The van der Waals surface area contributed by atoms with Gasteiger partial charge in [0.2, 0.25) is 0 Å². The summed E-state index contributed by atoms with van der Waals surface area (Å²) in [6.07, 6.45) is 6.14. The van der Waals surface area contributed by atoms with E-state index >= 15 is 0 Å². The van der Waals surface area contributed by atoms with E-state index in [2.05, 4.69) is 38.8 Å². The molecule has 0 unspecified atom stereocenters. The molecule has 1 atom stereocenters. The van der Waals surface area contributed by atoms with Crippen LogP contribution >= 0.6 is 39.9 Å². The third-order valence-electron chi connectivity index (χ3n) is 6.13. The van der Waals surface area contributed by atoms with Crippen molar-refractivity contribution in [1.29, 1.82) is 0 Å². The molecule has 34 heavy (non-hydrogen) atoms. The van der Waals surface area contributed by atoms with Crippen LogP contribution in [0, 0.1) is 6.92 Å². The largest absolute Gasteiger partial charge is 0.491 e. The normalized spacial score (nSPS) is 19.6. The van der Waals surface area contributed by atoms with Gasteiger partial charge in [0, 0.05) is 33.7 Å². The van der Waals surface area contributed by atoms with Gasteiger partial charge in [-0.3, -0.25) is 9.69 Å². The van der Waals surface area contributed by atoms with Crippen molar-refractivity contribution >= 4 is 67.1 Å². The molecule has 0 bridgehead atoms. The number of rotatable bonds is 7. The fourth-order valence-corrected chi connectivity index (χ4v) is 5.99. The van der Waals surface area contributed by atoms with Gasteiger partial charge in [-0.2, -0.15) is 0 Å². The van der Waals surface area contributed by atoms with Crippen molar-refractivity contribution in [3.05, 3.63) is 69.2 Å². The number of thiocarbonyl (C=S) groups is 1. The van der Waals surface area contributed by atoms with Gasteiger partial charge < -0.3 is 14.0 Å². The zero-order valence-electron chi connectivity index (χ0n) is 18.8. The summed E-state index contributed by atoms with van der Waals surface area (Å²) in [5, 5.41) is 1.08. The van der Waals surface area contributed by atoms with E-state index in [0.717, 1.165) is 51.7 Å². The predicted octanol–water partition coefficient (Wildman–Crippen LogP) is 6.17. The first-order valence-corrected chi connectivity index (χ1v) is 13.3. The topological polar surface area (TPSA) is 43.7 Å². The Morgan fingerprint density at radius 2 is 2.15 bits per heavy atom. The van der Waals surface area contributed by atoms with Gasteiger partial charge in [0.05, 0.1) is 24.1 Å². The van der Waals surface area contributed by atoms with Crippen molar-refractivity contribution in [3.63, 3.8) is 0 Å². The maximum Gasteiger partial charge on any atom is 0.266 e. The zero-order chi connectivity index (χ0) is 23.7. The van der Waals surface area contributed by atoms with Crippen LogP contribution in [0.4, 0.5) is 0 Å². The molecule has 2 aliphatic rings. The number of para-hydroxylation sites is 1. The fraction of sp³-hybridized carbons (Fsp3) is 0.308. The monoisotopic (exact) mass is 556 g/mol. The molecule has 5 nitrogen and oxygen atoms in total. The third kappa shape index (κ3) is 4.96. The average molecular weight is 558 g/mol. The number of carbonyl (C=O) groups is 1. The molecule has 0 spiro atoms. The van der Waals surface area contributed by atoms with Crippen molar-refractivity contribution in [2.24, 2.45) is 0 Å². The summed E-state index contributed by atoms with van der Waals surface area (Å²) in [5.41, 5.74) is 3.21. The molecule has 8 heteroatoms. The maximum absolute atomic E-state index is 13.1. The van der Waals surface area contributed by atoms with Gasteiger partial charge in [0.1, 0.15) is 16.7 Å². The van der Waals surface area contributed by atoms with Crippen LogP contribution in [0.3, 0.4) is 0 Å². The number of amides is 1. The van der Waals surface area contributed by atoms with Crippen LogP contribution < -0.4 is 4.74 Å². The number of fused-ring (bicyclic) bond motifs is 1. The van der Waals surface area contributed by atoms with Gasteiger partial charge in [-0.15, -0.1) is 0 Å². The summed E-state index contributed by atoms with van der Waals surface area (Å²) >= 11 is 10.5. The van der Waals surface area contributed by atoms with E-state index in [4.69, 9.17) is 21.7 Å². The van der Waals surface area contributed by atoms with E-state index in [0.29, 0.717) is 28.9 Å². The molecular formula is C26H25BrN2O3S2. The van der Waals surface area contributed by atoms with Crippen LogP contribution in [0.25, 0.3) is 17.0 Å². The van der Waals surface area contributed by atoms with Gasteiger partial charge in [-0.25, -0.2) is 0 Å². The Kier molecular flexibility index (Phi) is 7.11. The minimum absolute atomic E-state index is 0.0377. The second-order valence-electron chi connectivity index (χ2n) is 8.48. The number of hydrogen-bond donors (Lipinski definition) is 0. The summed E-state index contributed by atoms with van der Waals surface area (Å²) in [5.74, 6) is 0.862. The first kappa shape index (κ1) is 23.6. The number of ether oxygens (including phenoxy) is 2. The Morgan fingerprint density at radius 1 is 1.29 bits per heavy atom. The average Bonchev–Trinajstić information content (AvgIpc) is 3.51. The minimum Gasteiger partial charge on any atom is -0.491 e. The van der Waals surface area contributed by atoms with E-state index < -0.39 is 0 Å². The van der Waals surface area contributed by atoms with E-state index in [9.17, 15) is 4.79 Å². The molecule has 2 saturated heterocycles. The fourth-order valence-electron chi connectivity index (χ4n) is 4.36. The van der Waals surface area contributed by atoms with E-state index in [1.807, 2.05) is 43.3 Å². The highest BCUT2D eigenvalue weighted by Crippen LogP contribution is 2.35. The number of aryl methyl sites for hydroxylation is 1. The van der Waals surface area contributed by atoms with Crippen molar-refractivity contribution in [2.75, 3.05) is 19.8 Å². The summed E-state index contributed by atoms with van der Waals surface area (Å²) < 4.78 is 15.5. The summed E-state index contributed by atoms with van der Waals surface area (Å²) in [4.78, 5) is 15.5. The van der Waals surface area contributed by atoms with Crippen molar-refractivity contribution in [2.45, 2.75) is 32.4 Å². The highest BCUT2D eigenvalue weighted by atomic mass is 79.9. The third-order valence-corrected chi connectivity index (χ3v) is 8.00. The van der Waals surface area contributed by atoms with Crippen LogP contribution in [-0.2, 0) is 16.1 Å². The Bertz CT molecular complexity index is 1280. The SMILES string of the molecule is Cc1ccccc1OCCn1cc(/C=C2\SC(=S)N(C[C@@H]3CCCO3)C2=O)c2cc(Br)ccc21. The van der Waals surface area contributed by atoms with Crippen LogP contribution in [0.5, 0.6) is 5.75 Å². The van der Waals surface area contributed by atoms with E-state index in [1.54, 1.807) is 4.90 Å². The number of thioether (sulfide) groups is 1. The highest BCUT2D eigenvalue weighted by Gasteiger charge is 2.34. The first-order valence-electron chi connectivity index (χ1n) is 11.3. The molecule has 3 aromatic rings. The molecule has 0 saturated carbocycles. The van der Waals surface area contributed by atoms with Gasteiger partial charge in [-0.05, 0) is 55.7 Å². The van der Waals surface area contributed by atoms with Crippen molar-refractivity contribution < 1.29 is 14.3 Å². The lowest BCUT2D eigenvalue weighted by molar-refractivity contribution is -0.123. The van der Waals surface area contributed by atoms with Gasteiger partial charge in [-0.1, -0.05) is 58.1 Å². The zero-order valence-corrected chi connectivity index (χ0v) is 22.0. The van der Waals surface area contributed by atoms with Crippen LogP contribution in [-0.4, -0.2) is 45.6 Å². The predicted molar refractivity (Wildman–Crippen MR) is 145 cm³/mol. The molecule has 176 valence electrons. The molecular weight excluding hydrogens is 532 g/mol.